The molecule has 0 bridgehead atoms. The third-order valence-electron chi connectivity index (χ3n) is 1.82. The molecule has 6 nitrogen and oxygen atoms in total. The van der Waals surface area contributed by atoms with Crippen LogP contribution in [0.15, 0.2) is 18.2 Å². The Morgan fingerprint density at radius 2 is 2.25 bits per heavy atom. The number of halogens is 1. The zero-order valence-corrected chi connectivity index (χ0v) is 9.19. The van der Waals surface area contributed by atoms with Crippen LogP contribution in [0.5, 0.6) is 0 Å². The van der Waals surface area contributed by atoms with E-state index in [-0.39, 0.29) is 10.7 Å². The lowest BCUT2D eigenvalue weighted by Crippen LogP contribution is -2.32. The summed E-state index contributed by atoms with van der Waals surface area (Å²) in [4.78, 5) is 21.2. The molecule has 1 atom stereocenters. The molecule has 3 N–H and O–H groups in total. The van der Waals surface area contributed by atoms with Gasteiger partial charge in [-0.15, -0.1) is 0 Å². The first-order valence-corrected chi connectivity index (χ1v) is 4.80. The van der Waals surface area contributed by atoms with E-state index in [0.717, 1.165) is 0 Å². The molecular weight excluding hydrogens is 234 g/mol. The smallest absolute Gasteiger partial charge is 0.289 e. The van der Waals surface area contributed by atoms with Crippen LogP contribution in [0.3, 0.4) is 0 Å². The van der Waals surface area contributed by atoms with Crippen molar-refractivity contribution in [3.8, 4) is 0 Å². The Kier molecular flexibility index (Phi) is 3.81. The molecule has 1 amide bonds. The molecule has 0 aliphatic carbocycles. The molecule has 7 heteroatoms. The normalized spacial score (nSPS) is 11.9. The van der Waals surface area contributed by atoms with Crippen molar-refractivity contribution in [2.45, 2.75) is 13.0 Å². The number of nitro benzene ring substituents is 1. The van der Waals surface area contributed by atoms with E-state index in [0.29, 0.717) is 5.69 Å². The summed E-state index contributed by atoms with van der Waals surface area (Å²) in [5.74, 6) is -0.420. The second kappa shape index (κ2) is 4.91. The molecule has 16 heavy (non-hydrogen) atoms. The van der Waals surface area contributed by atoms with Gasteiger partial charge in [0.15, 0.2) is 0 Å². The van der Waals surface area contributed by atoms with Crippen LogP contribution in [0.2, 0.25) is 5.02 Å². The average Bonchev–Trinajstić information content (AvgIpc) is 2.20. The number of carbonyl (C=O) groups is 1. The highest BCUT2D eigenvalue weighted by Crippen LogP contribution is 2.27. The van der Waals surface area contributed by atoms with Gasteiger partial charge in [-0.2, -0.15) is 0 Å². The largest absolute Gasteiger partial charge is 0.324 e. The summed E-state index contributed by atoms with van der Waals surface area (Å²) in [6, 6.07) is 3.31. The van der Waals surface area contributed by atoms with Crippen LogP contribution in [-0.4, -0.2) is 16.9 Å². The van der Waals surface area contributed by atoms with Gasteiger partial charge in [-0.3, -0.25) is 14.9 Å². The number of amides is 1. The summed E-state index contributed by atoms with van der Waals surface area (Å²) in [5.41, 5.74) is 5.37. The van der Waals surface area contributed by atoms with Crippen molar-refractivity contribution < 1.29 is 9.72 Å². The van der Waals surface area contributed by atoms with Crippen molar-refractivity contribution in [2.24, 2.45) is 5.73 Å². The fourth-order valence-electron chi connectivity index (χ4n) is 0.986. The van der Waals surface area contributed by atoms with Gasteiger partial charge >= 0.3 is 0 Å². The Bertz CT molecular complexity index is 434. The van der Waals surface area contributed by atoms with Crippen molar-refractivity contribution in [1.29, 1.82) is 0 Å². The van der Waals surface area contributed by atoms with Crippen molar-refractivity contribution >= 4 is 28.9 Å². The molecule has 0 saturated carbocycles. The maximum atomic E-state index is 11.2. The summed E-state index contributed by atoms with van der Waals surface area (Å²) < 4.78 is 0. The standard InChI is InChI=1S/C9H10ClN3O3/c1-5(11)9(14)12-6-2-3-7(10)8(4-6)13(15)16/h2-5H,11H2,1H3,(H,12,14). The van der Waals surface area contributed by atoms with Gasteiger partial charge in [0.05, 0.1) is 11.0 Å². The minimum absolute atomic E-state index is 0.0174. The van der Waals surface area contributed by atoms with Crippen molar-refractivity contribution in [3.63, 3.8) is 0 Å². The van der Waals surface area contributed by atoms with Gasteiger partial charge in [0.2, 0.25) is 5.91 Å². The van der Waals surface area contributed by atoms with E-state index in [1.54, 1.807) is 0 Å². The summed E-state index contributed by atoms with van der Waals surface area (Å²) in [6.45, 7) is 1.51. The zero-order valence-electron chi connectivity index (χ0n) is 8.44. The molecule has 0 spiro atoms. The molecule has 0 heterocycles. The number of carbonyl (C=O) groups excluding carboxylic acids is 1. The molecule has 0 radical (unpaired) electrons. The summed E-state index contributed by atoms with van der Waals surface area (Å²) >= 11 is 5.61. The van der Waals surface area contributed by atoms with Crippen LogP contribution in [0.25, 0.3) is 0 Å². The third-order valence-corrected chi connectivity index (χ3v) is 2.14. The third kappa shape index (κ3) is 2.91. The summed E-state index contributed by atoms with van der Waals surface area (Å²) in [6.07, 6.45) is 0. The first-order valence-electron chi connectivity index (χ1n) is 4.42. The van der Waals surface area contributed by atoms with E-state index >= 15 is 0 Å². The van der Waals surface area contributed by atoms with Gasteiger partial charge in [-0.25, -0.2) is 0 Å². The molecule has 0 fully saturated rings. The van der Waals surface area contributed by atoms with E-state index in [9.17, 15) is 14.9 Å². The number of hydrogen-bond acceptors (Lipinski definition) is 4. The fraction of sp³-hybridized carbons (Fsp3) is 0.222. The van der Waals surface area contributed by atoms with Crippen LogP contribution >= 0.6 is 11.6 Å². The Labute approximate surface area is 96.5 Å². The number of anilines is 1. The molecule has 0 saturated heterocycles. The Balaban J connectivity index is 2.95. The van der Waals surface area contributed by atoms with Gasteiger partial charge < -0.3 is 11.1 Å². The number of nitrogens with zero attached hydrogens (tertiary/aromatic N) is 1. The van der Waals surface area contributed by atoms with Crippen LogP contribution in [0, 0.1) is 10.1 Å². The van der Waals surface area contributed by atoms with Crippen LogP contribution in [0.4, 0.5) is 11.4 Å². The molecule has 1 rings (SSSR count). The topological polar surface area (TPSA) is 98.3 Å². The Morgan fingerprint density at radius 3 is 2.75 bits per heavy atom. The van der Waals surface area contributed by atoms with E-state index in [1.807, 2.05) is 0 Å². The van der Waals surface area contributed by atoms with E-state index in [4.69, 9.17) is 17.3 Å². The van der Waals surface area contributed by atoms with Crippen LogP contribution < -0.4 is 11.1 Å². The maximum absolute atomic E-state index is 11.2. The number of nitro groups is 1. The predicted molar refractivity (Wildman–Crippen MR) is 60.4 cm³/mol. The minimum atomic E-state index is -0.685. The van der Waals surface area contributed by atoms with Crippen LogP contribution in [0.1, 0.15) is 6.92 Å². The van der Waals surface area contributed by atoms with Crippen molar-refractivity contribution in [1.82, 2.24) is 0 Å². The van der Waals surface area contributed by atoms with Crippen molar-refractivity contribution in [3.05, 3.63) is 33.3 Å². The molecule has 1 unspecified atom stereocenters. The average molecular weight is 244 g/mol. The van der Waals surface area contributed by atoms with Gasteiger partial charge in [0.1, 0.15) is 5.02 Å². The SMILES string of the molecule is CC(N)C(=O)Nc1ccc(Cl)c([N+](=O)[O-])c1. The van der Waals surface area contributed by atoms with Crippen molar-refractivity contribution in [2.75, 3.05) is 5.32 Å². The van der Waals surface area contributed by atoms with Gasteiger partial charge in [-0.05, 0) is 19.1 Å². The molecular formula is C9H10ClN3O3. The number of rotatable bonds is 3. The summed E-state index contributed by atoms with van der Waals surface area (Å²) in [5, 5.41) is 13.0. The lowest BCUT2D eigenvalue weighted by Gasteiger charge is -2.07. The molecule has 1 aromatic rings. The fourth-order valence-corrected chi connectivity index (χ4v) is 1.17. The van der Waals surface area contributed by atoms with Gasteiger partial charge in [0, 0.05) is 11.8 Å². The van der Waals surface area contributed by atoms with E-state index in [2.05, 4.69) is 5.32 Å². The van der Waals surface area contributed by atoms with Gasteiger partial charge in [0.25, 0.3) is 5.69 Å². The number of nitrogens with one attached hydrogen (secondary N) is 1. The molecule has 86 valence electrons. The highest BCUT2D eigenvalue weighted by atomic mass is 35.5. The molecule has 0 aromatic heterocycles. The number of benzene rings is 1. The Morgan fingerprint density at radius 1 is 1.62 bits per heavy atom. The molecule has 1 aromatic carbocycles. The first-order chi connectivity index (χ1) is 7.41. The highest BCUT2D eigenvalue weighted by Gasteiger charge is 2.14. The first kappa shape index (κ1) is 12.4. The molecule has 0 aliphatic heterocycles. The quantitative estimate of drug-likeness (QED) is 0.621. The predicted octanol–water partition coefficient (Wildman–Crippen LogP) is 1.53. The van der Waals surface area contributed by atoms with Gasteiger partial charge in [-0.1, -0.05) is 11.6 Å². The highest BCUT2D eigenvalue weighted by molar-refractivity contribution is 6.32. The molecule has 0 aliphatic rings. The number of hydrogen-bond donors (Lipinski definition) is 2. The maximum Gasteiger partial charge on any atom is 0.289 e. The minimum Gasteiger partial charge on any atom is -0.324 e. The second-order valence-corrected chi connectivity index (χ2v) is 3.61. The monoisotopic (exact) mass is 243 g/mol. The van der Waals surface area contributed by atoms with E-state index in [1.165, 1.54) is 25.1 Å². The zero-order chi connectivity index (χ0) is 12.3. The van der Waals surface area contributed by atoms with E-state index < -0.39 is 16.9 Å². The number of nitrogens with two attached hydrogens (primary N) is 1. The lowest BCUT2D eigenvalue weighted by molar-refractivity contribution is -0.384. The van der Waals surface area contributed by atoms with Crippen LogP contribution in [-0.2, 0) is 4.79 Å². The summed E-state index contributed by atoms with van der Waals surface area (Å²) in [7, 11) is 0. The lowest BCUT2D eigenvalue weighted by atomic mass is 10.2. The second-order valence-electron chi connectivity index (χ2n) is 3.20. The Hall–Kier alpha value is -1.66.